The lowest BCUT2D eigenvalue weighted by molar-refractivity contribution is -0.112. The van der Waals surface area contributed by atoms with E-state index in [1.54, 1.807) is 12.1 Å². The number of nitrogens with one attached hydrogen (secondary N) is 1. The van der Waals surface area contributed by atoms with Gasteiger partial charge in [-0.1, -0.05) is 51.8 Å². The number of carbonyl (C=O) groups is 1. The maximum atomic E-state index is 12.7. The standard InChI is InChI=1S/C25H19Br2ClN2O2/c1-15-3-4-16(2)23(9-15)30-25(31)19(13-29)10-18-11-21(27)24(22(28)12-18)32-14-17-5-7-20(26)8-6-17/h3-12H,14H2,1-2H3,(H,30,31)/b19-10+. The molecule has 162 valence electrons. The maximum absolute atomic E-state index is 12.7. The zero-order valence-corrected chi connectivity index (χ0v) is 21.3. The van der Waals surface area contributed by atoms with Crippen LogP contribution < -0.4 is 10.1 Å². The van der Waals surface area contributed by atoms with Crippen molar-refractivity contribution in [1.82, 2.24) is 0 Å². The van der Waals surface area contributed by atoms with E-state index in [0.29, 0.717) is 33.1 Å². The summed E-state index contributed by atoms with van der Waals surface area (Å²) in [7, 11) is 0. The summed E-state index contributed by atoms with van der Waals surface area (Å²) in [5.41, 5.74) is 4.17. The minimum absolute atomic E-state index is 0.0302. The van der Waals surface area contributed by atoms with Crippen molar-refractivity contribution in [1.29, 1.82) is 5.26 Å². The number of anilines is 1. The van der Waals surface area contributed by atoms with Crippen molar-refractivity contribution in [2.45, 2.75) is 20.5 Å². The number of halogens is 3. The van der Waals surface area contributed by atoms with Crippen LogP contribution in [0.25, 0.3) is 6.08 Å². The first-order valence-corrected chi connectivity index (χ1v) is 11.6. The van der Waals surface area contributed by atoms with Gasteiger partial charge >= 0.3 is 0 Å². The molecule has 0 atom stereocenters. The first kappa shape index (κ1) is 24.1. The van der Waals surface area contributed by atoms with Crippen molar-refractivity contribution < 1.29 is 9.53 Å². The average molecular weight is 575 g/mol. The third kappa shape index (κ3) is 6.23. The third-order valence-corrected chi connectivity index (χ3v) is 6.03. The Morgan fingerprint density at radius 3 is 2.50 bits per heavy atom. The van der Waals surface area contributed by atoms with Crippen LogP contribution in [0.15, 0.2) is 69.1 Å². The lowest BCUT2D eigenvalue weighted by Crippen LogP contribution is -2.14. The summed E-state index contributed by atoms with van der Waals surface area (Å²) in [5, 5.41) is 12.7. The quantitative estimate of drug-likeness (QED) is 0.244. The van der Waals surface area contributed by atoms with Crippen LogP contribution in [-0.4, -0.2) is 5.91 Å². The van der Waals surface area contributed by atoms with Crippen molar-refractivity contribution >= 4 is 61.1 Å². The summed E-state index contributed by atoms with van der Waals surface area (Å²) in [6.45, 7) is 4.19. The number of rotatable bonds is 6. The molecule has 0 bridgehead atoms. The summed E-state index contributed by atoms with van der Waals surface area (Å²) >= 11 is 13.3. The van der Waals surface area contributed by atoms with Gasteiger partial charge in [0.05, 0.1) is 9.50 Å². The van der Waals surface area contributed by atoms with Crippen LogP contribution in [0, 0.1) is 25.2 Å². The predicted molar refractivity (Wildman–Crippen MR) is 136 cm³/mol. The predicted octanol–water partition coefficient (Wildman–Crippen LogP) is 7.61. The Morgan fingerprint density at radius 1 is 1.12 bits per heavy atom. The van der Waals surface area contributed by atoms with E-state index in [2.05, 4.69) is 37.2 Å². The van der Waals surface area contributed by atoms with Gasteiger partial charge < -0.3 is 10.1 Å². The topological polar surface area (TPSA) is 62.1 Å². The van der Waals surface area contributed by atoms with Gasteiger partial charge in [-0.05, 0) is 88.4 Å². The molecule has 0 aliphatic heterocycles. The highest BCUT2D eigenvalue weighted by atomic mass is 79.9. The minimum Gasteiger partial charge on any atom is -0.486 e. The largest absolute Gasteiger partial charge is 0.486 e. The summed E-state index contributed by atoms with van der Waals surface area (Å²) < 4.78 is 7.49. The molecule has 1 amide bonds. The van der Waals surface area contributed by atoms with Crippen LogP contribution in [0.3, 0.4) is 0 Å². The monoisotopic (exact) mass is 572 g/mol. The van der Waals surface area contributed by atoms with Crippen molar-refractivity contribution in [3.63, 3.8) is 0 Å². The SMILES string of the molecule is Cc1ccc(C)c(NC(=O)/C(C#N)=C/c2cc(Cl)c(OCc3ccc(Br)cc3)c(Br)c2)c1. The van der Waals surface area contributed by atoms with Crippen LogP contribution in [0.5, 0.6) is 5.75 Å². The van der Waals surface area contributed by atoms with Gasteiger partial charge in [-0.15, -0.1) is 0 Å². The van der Waals surface area contributed by atoms with E-state index < -0.39 is 5.91 Å². The van der Waals surface area contributed by atoms with Gasteiger partial charge in [0, 0.05) is 10.2 Å². The average Bonchev–Trinajstić information content (AvgIpc) is 2.75. The molecule has 0 saturated heterocycles. The first-order chi connectivity index (χ1) is 15.3. The molecule has 32 heavy (non-hydrogen) atoms. The fourth-order valence-corrected chi connectivity index (χ4v) is 4.17. The van der Waals surface area contributed by atoms with Gasteiger partial charge in [-0.2, -0.15) is 5.26 Å². The highest BCUT2D eigenvalue weighted by molar-refractivity contribution is 9.10. The Labute approximate surface area is 209 Å². The second kappa shape index (κ2) is 10.8. The second-order valence-electron chi connectivity index (χ2n) is 7.17. The zero-order valence-electron chi connectivity index (χ0n) is 17.4. The van der Waals surface area contributed by atoms with E-state index >= 15 is 0 Å². The van der Waals surface area contributed by atoms with Crippen molar-refractivity contribution in [2.75, 3.05) is 5.32 Å². The molecule has 0 fully saturated rings. The Balaban J connectivity index is 1.78. The van der Waals surface area contributed by atoms with Gasteiger partial charge in [0.1, 0.15) is 18.2 Å². The molecule has 0 spiro atoms. The van der Waals surface area contributed by atoms with E-state index in [1.807, 2.05) is 62.4 Å². The Bertz CT molecular complexity index is 1210. The molecule has 4 nitrogen and oxygen atoms in total. The molecule has 7 heteroatoms. The molecule has 0 unspecified atom stereocenters. The highest BCUT2D eigenvalue weighted by Gasteiger charge is 2.14. The summed E-state index contributed by atoms with van der Waals surface area (Å²) in [6.07, 6.45) is 1.50. The Morgan fingerprint density at radius 2 is 1.84 bits per heavy atom. The Kier molecular flexibility index (Phi) is 8.14. The normalized spacial score (nSPS) is 11.1. The number of carbonyl (C=O) groups excluding carboxylic acids is 1. The number of nitrogens with zero attached hydrogens (tertiary/aromatic N) is 1. The van der Waals surface area contributed by atoms with E-state index in [1.165, 1.54) is 6.08 Å². The molecule has 1 N–H and O–H groups in total. The molecule has 0 aliphatic rings. The van der Waals surface area contributed by atoms with E-state index in [9.17, 15) is 10.1 Å². The number of hydrogen-bond donors (Lipinski definition) is 1. The third-order valence-electron chi connectivity index (χ3n) is 4.63. The zero-order chi connectivity index (χ0) is 23.3. The number of ether oxygens (including phenoxy) is 1. The number of hydrogen-bond acceptors (Lipinski definition) is 3. The van der Waals surface area contributed by atoms with E-state index in [-0.39, 0.29) is 5.57 Å². The summed E-state index contributed by atoms with van der Waals surface area (Å²) in [4.78, 5) is 12.7. The fourth-order valence-electron chi connectivity index (χ4n) is 2.91. The van der Waals surface area contributed by atoms with Crippen LogP contribution in [-0.2, 0) is 11.4 Å². The van der Waals surface area contributed by atoms with Crippen LogP contribution in [0.1, 0.15) is 22.3 Å². The van der Waals surface area contributed by atoms with Crippen molar-refractivity contribution in [2.24, 2.45) is 0 Å². The molecule has 3 rings (SSSR count). The number of benzene rings is 3. The van der Waals surface area contributed by atoms with Gasteiger partial charge in [0.15, 0.2) is 5.75 Å². The fraction of sp³-hybridized carbons (Fsp3) is 0.120. The summed E-state index contributed by atoms with van der Waals surface area (Å²) in [6, 6.07) is 18.9. The van der Waals surface area contributed by atoms with E-state index in [4.69, 9.17) is 16.3 Å². The van der Waals surface area contributed by atoms with Crippen molar-refractivity contribution in [3.05, 3.63) is 96.4 Å². The Hall–Kier alpha value is -2.59. The lowest BCUT2D eigenvalue weighted by Gasteiger charge is -2.12. The van der Waals surface area contributed by atoms with Crippen LogP contribution >= 0.6 is 43.5 Å². The molecule has 3 aromatic carbocycles. The molecule has 3 aromatic rings. The van der Waals surface area contributed by atoms with Crippen LogP contribution in [0.4, 0.5) is 5.69 Å². The van der Waals surface area contributed by atoms with Gasteiger partial charge in [-0.25, -0.2) is 0 Å². The molecule has 0 aromatic heterocycles. The molecule has 0 aliphatic carbocycles. The number of amides is 1. The van der Waals surface area contributed by atoms with Gasteiger partial charge in [0.25, 0.3) is 5.91 Å². The summed E-state index contributed by atoms with van der Waals surface area (Å²) in [5.74, 6) is 0.00842. The molecular formula is C25H19Br2ClN2O2. The molecule has 0 saturated carbocycles. The van der Waals surface area contributed by atoms with Gasteiger partial charge in [0.2, 0.25) is 0 Å². The first-order valence-electron chi connectivity index (χ1n) is 9.63. The molecule has 0 heterocycles. The second-order valence-corrected chi connectivity index (χ2v) is 9.35. The maximum Gasteiger partial charge on any atom is 0.266 e. The van der Waals surface area contributed by atoms with Crippen LogP contribution in [0.2, 0.25) is 5.02 Å². The lowest BCUT2D eigenvalue weighted by atomic mass is 10.1. The smallest absolute Gasteiger partial charge is 0.266 e. The molecule has 0 radical (unpaired) electrons. The minimum atomic E-state index is -0.482. The number of aryl methyl sites for hydroxylation is 2. The van der Waals surface area contributed by atoms with Gasteiger partial charge in [-0.3, -0.25) is 4.79 Å². The highest BCUT2D eigenvalue weighted by Crippen LogP contribution is 2.36. The van der Waals surface area contributed by atoms with E-state index in [0.717, 1.165) is 21.2 Å². The van der Waals surface area contributed by atoms with Crippen molar-refractivity contribution in [3.8, 4) is 11.8 Å². The number of nitriles is 1. The molecular weight excluding hydrogens is 556 g/mol.